The molecule has 0 aromatic heterocycles. The molecule has 1 saturated heterocycles. The average Bonchev–Trinajstić information content (AvgIpc) is 3.49. The first-order chi connectivity index (χ1) is 19.8. The number of ketones is 1. The van der Waals surface area contributed by atoms with Crippen molar-refractivity contribution in [2.75, 3.05) is 32.8 Å². The van der Waals surface area contributed by atoms with E-state index < -0.39 is 41.6 Å². The number of benzene rings is 2. The van der Waals surface area contributed by atoms with Gasteiger partial charge in [0.1, 0.15) is 11.8 Å². The van der Waals surface area contributed by atoms with E-state index in [-0.39, 0.29) is 30.2 Å². The van der Waals surface area contributed by atoms with Gasteiger partial charge in [0.2, 0.25) is 12.6 Å². The first-order valence-electron chi connectivity index (χ1n) is 13.2. The van der Waals surface area contributed by atoms with Crippen molar-refractivity contribution >= 4 is 29.5 Å². The first kappa shape index (κ1) is 27.2. The molecule has 0 bridgehead atoms. The van der Waals surface area contributed by atoms with Crippen LogP contribution in [0.2, 0.25) is 0 Å². The lowest BCUT2D eigenvalue weighted by atomic mass is 9.83. The third-order valence-electron chi connectivity index (χ3n) is 8.25. The molecule has 3 heterocycles. The van der Waals surface area contributed by atoms with Gasteiger partial charge in [-0.2, -0.15) is 0 Å². The Morgan fingerprint density at radius 1 is 1.17 bits per heavy atom. The quantitative estimate of drug-likeness (QED) is 0.315. The number of nitrogens with one attached hydrogen (secondary N) is 1. The van der Waals surface area contributed by atoms with Gasteiger partial charge in [-0.15, -0.1) is 11.8 Å². The van der Waals surface area contributed by atoms with Gasteiger partial charge in [0.05, 0.1) is 25.0 Å². The molecule has 3 aliphatic heterocycles. The number of fused-ring (bicyclic) bond motifs is 6. The van der Waals surface area contributed by atoms with E-state index in [2.05, 4.69) is 10.2 Å². The Kier molecular flexibility index (Phi) is 6.95. The highest BCUT2D eigenvalue weighted by Crippen LogP contribution is 2.62. The van der Waals surface area contributed by atoms with Crippen LogP contribution in [-0.4, -0.2) is 66.9 Å². The van der Waals surface area contributed by atoms with E-state index in [1.54, 1.807) is 13.0 Å². The summed E-state index contributed by atoms with van der Waals surface area (Å²) in [6.07, 6.45) is 0.587. The molecule has 6 rings (SSSR count). The Morgan fingerprint density at radius 2 is 1.95 bits per heavy atom. The normalized spacial score (nSPS) is 26.3. The molecule has 4 aliphatic rings. The highest BCUT2D eigenvalue weighted by molar-refractivity contribution is 8.00. The second kappa shape index (κ2) is 10.5. The van der Waals surface area contributed by atoms with Gasteiger partial charge in [-0.25, -0.2) is 4.79 Å². The van der Waals surface area contributed by atoms with Crippen LogP contribution in [0.5, 0.6) is 28.7 Å². The molecule has 0 spiro atoms. The summed E-state index contributed by atoms with van der Waals surface area (Å²) in [5.41, 5.74) is 3.36. The topological polar surface area (TPSA) is 134 Å². The van der Waals surface area contributed by atoms with E-state index in [1.807, 2.05) is 6.07 Å². The number of phenolic OH excluding ortho intramolecular Hbond substituents is 1. The molecule has 1 fully saturated rings. The lowest BCUT2D eigenvalue weighted by molar-refractivity contribution is -0.153. The predicted molar refractivity (Wildman–Crippen MR) is 148 cm³/mol. The Balaban J connectivity index is 1.60. The number of phenols is 1. The summed E-state index contributed by atoms with van der Waals surface area (Å²) < 4.78 is 28.5. The number of methoxy groups -OCH3 is 1. The van der Waals surface area contributed by atoms with Crippen LogP contribution < -0.4 is 24.3 Å². The standard InChI is InChI=1S/C29H28N2O9S/c1-12-25(40-13(2)32)20-19(27-26(12)38-11-39-27)15-9-37-29(35)16(33)10-41-28(15)21(20)23-22(30-3)18-14(7-8-31-23)5-6-17(36-4)24(18)34/h3,5-6,15,21-23,28,31H,7-11H2,1-2,4H3/p+1/t15?,21?,22-,23?,28?/m1/s1. The number of thioether (sulfide) groups is 1. The van der Waals surface area contributed by atoms with Crippen LogP contribution >= 0.6 is 11.8 Å². The maximum absolute atomic E-state index is 12.5. The van der Waals surface area contributed by atoms with Crippen molar-refractivity contribution in [3.8, 4) is 35.3 Å². The van der Waals surface area contributed by atoms with Gasteiger partial charge in [-0.1, -0.05) is 10.9 Å². The summed E-state index contributed by atoms with van der Waals surface area (Å²) in [6.45, 7) is 9.63. The molecule has 5 atom stereocenters. The molecule has 2 N–H and O–H groups in total. The monoisotopic (exact) mass is 581 g/mol. The Labute approximate surface area is 240 Å². The number of nitrogens with zero attached hydrogens (tertiary/aromatic N) is 1. The smallest absolute Gasteiger partial charge is 0.375 e. The Morgan fingerprint density at radius 3 is 2.68 bits per heavy atom. The first-order valence-corrected chi connectivity index (χ1v) is 14.3. The fraction of sp³-hybridized carbons (Fsp3) is 0.448. The van der Waals surface area contributed by atoms with Gasteiger partial charge in [0.15, 0.2) is 23.0 Å². The zero-order chi connectivity index (χ0) is 29.0. The fourth-order valence-electron chi connectivity index (χ4n) is 6.62. The molecule has 4 unspecified atom stereocenters. The van der Waals surface area contributed by atoms with Gasteiger partial charge in [-0.05, 0) is 31.5 Å². The summed E-state index contributed by atoms with van der Waals surface area (Å²) in [5, 5.41) is 14.5. The second-order valence-electron chi connectivity index (χ2n) is 10.4. The number of ether oxygens (including phenoxy) is 5. The number of carbonyl (C=O) groups is 3. The molecule has 41 heavy (non-hydrogen) atoms. The molecule has 1 aliphatic carbocycles. The number of aromatic hydroxyl groups is 1. The SMILES string of the molecule is C#[N+][C@@H]1c2c(ccc(OC)c2O)CCNC1C1c2c(OC(C)=O)c(C)c3c(c2C2COC(=O)C(=O)CSC21)OCO3. The number of carbonyl (C=O) groups excluding carboxylic acids is 3. The van der Waals surface area contributed by atoms with Gasteiger partial charge < -0.3 is 34.1 Å². The minimum atomic E-state index is -0.893. The summed E-state index contributed by atoms with van der Waals surface area (Å²) >= 11 is 1.33. The molecular formula is C29H29N2O9S+. The highest BCUT2D eigenvalue weighted by Gasteiger charge is 2.56. The van der Waals surface area contributed by atoms with Gasteiger partial charge in [0, 0.05) is 40.7 Å². The summed E-state index contributed by atoms with van der Waals surface area (Å²) in [6, 6.07) is 2.31. The molecule has 12 heteroatoms. The lowest BCUT2D eigenvalue weighted by Crippen LogP contribution is -2.43. The van der Waals surface area contributed by atoms with Crippen molar-refractivity contribution in [1.29, 1.82) is 0 Å². The zero-order valence-electron chi connectivity index (χ0n) is 22.7. The Bertz CT molecular complexity index is 1520. The Hall–Kier alpha value is -3.95. The highest BCUT2D eigenvalue weighted by atomic mass is 32.2. The van der Waals surface area contributed by atoms with Crippen molar-refractivity contribution in [2.45, 2.75) is 49.4 Å². The van der Waals surface area contributed by atoms with E-state index in [4.69, 9.17) is 30.3 Å². The van der Waals surface area contributed by atoms with Crippen molar-refractivity contribution in [1.82, 2.24) is 5.32 Å². The number of cyclic esters (lactones) is 1. The minimum absolute atomic E-state index is 0.0247. The lowest BCUT2D eigenvalue weighted by Gasteiger charge is -2.32. The number of rotatable bonds is 3. The molecule has 2 aromatic rings. The number of Topliss-reactive ketones (excluding diaryl/α,β-unsaturated/α-hetero) is 1. The number of esters is 2. The molecule has 0 radical (unpaired) electrons. The van der Waals surface area contributed by atoms with Crippen LogP contribution in [0.25, 0.3) is 4.85 Å². The van der Waals surface area contributed by atoms with Crippen molar-refractivity contribution in [3.05, 3.63) is 44.8 Å². The van der Waals surface area contributed by atoms with E-state index in [9.17, 15) is 19.5 Å². The van der Waals surface area contributed by atoms with E-state index in [0.29, 0.717) is 58.2 Å². The van der Waals surface area contributed by atoms with Gasteiger partial charge in [0.25, 0.3) is 6.57 Å². The molecule has 0 amide bonds. The summed E-state index contributed by atoms with van der Waals surface area (Å²) in [7, 11) is 1.47. The maximum Gasteiger partial charge on any atom is 0.375 e. The number of hydrogen-bond acceptors (Lipinski definition) is 11. The molecule has 0 saturated carbocycles. The molecule has 2 aromatic carbocycles. The molecule has 11 nitrogen and oxygen atoms in total. The van der Waals surface area contributed by atoms with Crippen LogP contribution in [0.3, 0.4) is 0 Å². The maximum atomic E-state index is 12.5. The van der Waals surface area contributed by atoms with E-state index in [1.165, 1.54) is 25.8 Å². The van der Waals surface area contributed by atoms with Crippen LogP contribution in [0.4, 0.5) is 0 Å². The minimum Gasteiger partial charge on any atom is -0.504 e. The van der Waals surface area contributed by atoms with Gasteiger partial charge in [-0.3, -0.25) is 9.59 Å². The van der Waals surface area contributed by atoms with Crippen LogP contribution in [0.1, 0.15) is 52.6 Å². The molecular weight excluding hydrogens is 552 g/mol. The predicted octanol–water partition coefficient (Wildman–Crippen LogP) is 2.99. The van der Waals surface area contributed by atoms with E-state index >= 15 is 0 Å². The van der Waals surface area contributed by atoms with E-state index in [0.717, 1.165) is 5.56 Å². The second-order valence-corrected chi connectivity index (χ2v) is 11.5. The summed E-state index contributed by atoms with van der Waals surface area (Å²) in [4.78, 5) is 41.5. The third kappa shape index (κ3) is 4.26. The average molecular weight is 582 g/mol. The van der Waals surface area contributed by atoms with Crippen molar-refractivity contribution < 1.29 is 43.2 Å². The van der Waals surface area contributed by atoms with Crippen molar-refractivity contribution in [2.24, 2.45) is 0 Å². The zero-order valence-corrected chi connectivity index (χ0v) is 23.5. The molecule has 214 valence electrons. The van der Waals surface area contributed by atoms with Crippen LogP contribution in [0.15, 0.2) is 12.1 Å². The van der Waals surface area contributed by atoms with Crippen molar-refractivity contribution in [3.63, 3.8) is 0 Å². The fourth-order valence-corrected chi connectivity index (χ4v) is 8.04. The summed E-state index contributed by atoms with van der Waals surface area (Å²) in [5.74, 6) is -1.53. The number of hydrogen-bond donors (Lipinski definition) is 2. The van der Waals surface area contributed by atoms with Crippen LogP contribution in [-0.2, 0) is 25.5 Å². The van der Waals surface area contributed by atoms with Gasteiger partial charge >= 0.3 is 18.0 Å². The largest absolute Gasteiger partial charge is 0.504 e. The third-order valence-corrected chi connectivity index (χ3v) is 9.69. The van der Waals surface area contributed by atoms with Crippen LogP contribution in [0, 0.1) is 13.5 Å².